The smallest absolute Gasteiger partial charge is 0.122 e. The van der Waals surface area contributed by atoms with E-state index in [9.17, 15) is 0 Å². The third-order valence-electron chi connectivity index (χ3n) is 0.578. The maximum absolute atomic E-state index is 6.68. The Bertz CT molecular complexity index is 42.1. The van der Waals surface area contributed by atoms with Crippen LogP contribution in [0, 0.1) is 0 Å². The van der Waals surface area contributed by atoms with Crippen molar-refractivity contribution in [3.05, 3.63) is 0 Å². The first-order chi connectivity index (χ1) is 2.89. The second-order valence-corrected chi connectivity index (χ2v) is 1.06. The molecule has 0 atom stereocenters. The van der Waals surface area contributed by atoms with Crippen LogP contribution in [-0.2, 0) is 4.84 Å². The normalized spacial score (nSPS) is 25.5. The first kappa shape index (κ1) is 4.01. The minimum absolute atomic E-state index is 0.476. The molecule has 0 aliphatic carbocycles. The van der Waals surface area contributed by atoms with Gasteiger partial charge in [0.15, 0.2) is 0 Å². The van der Waals surface area contributed by atoms with Crippen molar-refractivity contribution in [2.24, 2.45) is 0 Å². The maximum atomic E-state index is 6.68. The van der Waals surface area contributed by atoms with Crippen LogP contribution in [0.3, 0.4) is 0 Å². The van der Waals surface area contributed by atoms with Gasteiger partial charge in [0.2, 0.25) is 0 Å². The van der Waals surface area contributed by atoms with E-state index in [1.54, 1.807) is 0 Å². The van der Waals surface area contributed by atoms with Crippen molar-refractivity contribution in [3.63, 3.8) is 0 Å². The fraction of sp³-hybridized carbons (Fsp3) is 1.00. The van der Waals surface area contributed by atoms with Gasteiger partial charge in [0.05, 0.1) is 6.67 Å². The summed E-state index contributed by atoms with van der Waals surface area (Å²) in [6, 6.07) is 0. The summed E-state index contributed by atoms with van der Waals surface area (Å²) >= 11 is 0. The van der Waals surface area contributed by atoms with E-state index in [2.05, 4.69) is 10.2 Å². The first-order valence-corrected chi connectivity index (χ1v) is 1.72. The van der Waals surface area contributed by atoms with Crippen molar-refractivity contribution in [3.8, 4) is 0 Å². The summed E-state index contributed by atoms with van der Waals surface area (Å²) in [6.45, 7) is 0.990. The van der Waals surface area contributed by atoms with Crippen molar-refractivity contribution < 1.29 is 4.84 Å². The lowest BCUT2D eigenvalue weighted by atomic mass is 11.1. The number of nitrogens with zero attached hydrogens (tertiary/aromatic N) is 1. The Hall–Kier alpha value is -0.160. The number of hydroxylamine groups is 1. The van der Waals surface area contributed by atoms with E-state index in [0.29, 0.717) is 13.4 Å². The van der Waals surface area contributed by atoms with Crippen LogP contribution in [0.5, 0.6) is 0 Å². The molecule has 1 aliphatic heterocycles. The van der Waals surface area contributed by atoms with E-state index >= 15 is 0 Å². The highest BCUT2D eigenvalue weighted by Gasteiger charge is 2.03. The standard InChI is InChI=1S/C2H6N3O/c3-5-1-4-2-6-5/h3-4H,1-2H2. The molecule has 0 aromatic rings. The quantitative estimate of drug-likeness (QED) is 0.410. The number of hydrogen-bond acceptors (Lipinski definition) is 3. The molecule has 4 nitrogen and oxygen atoms in total. The van der Waals surface area contributed by atoms with Gasteiger partial charge in [-0.3, -0.25) is 10.2 Å². The Balaban J connectivity index is 2.18. The molecule has 1 radical (unpaired) electrons. The maximum Gasteiger partial charge on any atom is 0.122 e. The van der Waals surface area contributed by atoms with Crippen LogP contribution in [0.15, 0.2) is 0 Å². The van der Waals surface area contributed by atoms with Gasteiger partial charge in [-0.25, -0.2) is 0 Å². The average molecular weight is 88.1 g/mol. The van der Waals surface area contributed by atoms with Gasteiger partial charge in [-0.15, -0.1) is 0 Å². The molecule has 1 saturated heterocycles. The predicted octanol–water partition coefficient (Wildman–Crippen LogP) is -1.06. The summed E-state index contributed by atoms with van der Waals surface area (Å²) in [4.78, 5) is 4.54. The van der Waals surface area contributed by atoms with Crippen LogP contribution in [0.2, 0.25) is 0 Å². The molecule has 2 N–H and O–H groups in total. The average Bonchev–Trinajstić information content (AvgIpc) is 1.86. The van der Waals surface area contributed by atoms with Crippen LogP contribution in [0.1, 0.15) is 0 Å². The molecule has 0 aromatic carbocycles. The third kappa shape index (κ3) is 0.662. The molecule has 0 spiro atoms. The second kappa shape index (κ2) is 1.53. The predicted molar refractivity (Wildman–Crippen MR) is 18.9 cm³/mol. The molecule has 0 aromatic heterocycles. The monoisotopic (exact) mass is 88.1 g/mol. The Morgan fingerprint density at radius 3 is 2.83 bits per heavy atom. The summed E-state index contributed by atoms with van der Waals surface area (Å²) in [5.41, 5.74) is 0. The minimum Gasteiger partial charge on any atom is -0.277 e. The molecule has 0 saturated carbocycles. The zero-order valence-corrected chi connectivity index (χ0v) is 3.27. The summed E-state index contributed by atoms with van der Waals surface area (Å²) in [7, 11) is 0. The highest BCUT2D eigenvalue weighted by molar-refractivity contribution is 4.34. The number of nitrogens with one attached hydrogen (secondary N) is 2. The zero-order valence-electron chi connectivity index (χ0n) is 3.27. The highest BCUT2D eigenvalue weighted by atomic mass is 16.7. The van der Waals surface area contributed by atoms with E-state index in [0.717, 1.165) is 5.17 Å². The molecule has 1 heterocycles. The van der Waals surface area contributed by atoms with Gasteiger partial charge in [0.25, 0.3) is 0 Å². The molecule has 4 heteroatoms. The van der Waals surface area contributed by atoms with Crippen LogP contribution in [0.4, 0.5) is 0 Å². The van der Waals surface area contributed by atoms with Crippen molar-refractivity contribution in [2.75, 3.05) is 13.4 Å². The van der Waals surface area contributed by atoms with Crippen LogP contribution < -0.4 is 11.2 Å². The molecular weight excluding hydrogens is 82.0 g/mol. The summed E-state index contributed by atoms with van der Waals surface area (Å²) in [5.74, 6) is 6.68. The Labute approximate surface area is 35.8 Å². The summed E-state index contributed by atoms with van der Waals surface area (Å²) in [6.07, 6.45) is 0. The fourth-order valence-corrected chi connectivity index (χ4v) is 0.316. The van der Waals surface area contributed by atoms with Gasteiger partial charge in [0.1, 0.15) is 6.73 Å². The lowest BCUT2D eigenvalue weighted by Gasteiger charge is -1.96. The van der Waals surface area contributed by atoms with Gasteiger partial charge in [-0.1, -0.05) is 5.17 Å². The van der Waals surface area contributed by atoms with Gasteiger partial charge in [-0.05, 0) is 0 Å². The van der Waals surface area contributed by atoms with Crippen LogP contribution in [0.25, 0.3) is 0 Å². The molecule has 1 aliphatic rings. The van der Waals surface area contributed by atoms with Crippen molar-refractivity contribution in [1.82, 2.24) is 16.3 Å². The lowest BCUT2D eigenvalue weighted by Crippen LogP contribution is -2.17. The highest BCUT2D eigenvalue weighted by Crippen LogP contribution is 1.83. The summed E-state index contributed by atoms with van der Waals surface area (Å²) in [5, 5.41) is 3.79. The van der Waals surface area contributed by atoms with Gasteiger partial charge >= 0.3 is 0 Å². The van der Waals surface area contributed by atoms with E-state index in [1.807, 2.05) is 0 Å². The van der Waals surface area contributed by atoms with Crippen molar-refractivity contribution in [2.45, 2.75) is 0 Å². The van der Waals surface area contributed by atoms with E-state index in [4.69, 9.17) is 5.84 Å². The number of rotatable bonds is 0. The Morgan fingerprint density at radius 2 is 2.67 bits per heavy atom. The van der Waals surface area contributed by atoms with Crippen molar-refractivity contribution >= 4 is 0 Å². The topological polar surface area (TPSA) is 48.3 Å². The molecule has 1 fully saturated rings. The third-order valence-corrected chi connectivity index (χ3v) is 0.578. The molecule has 0 amide bonds. The molecule has 0 bridgehead atoms. The van der Waals surface area contributed by atoms with E-state index in [-0.39, 0.29) is 0 Å². The van der Waals surface area contributed by atoms with Crippen LogP contribution in [-0.4, -0.2) is 18.6 Å². The fourth-order valence-electron chi connectivity index (χ4n) is 0.316. The SMILES string of the molecule is [NH]N1CNCO1. The minimum atomic E-state index is 0.476. The van der Waals surface area contributed by atoms with Gasteiger partial charge in [0, 0.05) is 0 Å². The molecule has 35 valence electrons. The summed E-state index contributed by atoms with van der Waals surface area (Å²) < 4.78 is 0. The molecule has 0 unspecified atom stereocenters. The second-order valence-electron chi connectivity index (χ2n) is 1.06. The Morgan fingerprint density at radius 1 is 1.83 bits per heavy atom. The van der Waals surface area contributed by atoms with Gasteiger partial charge < -0.3 is 0 Å². The van der Waals surface area contributed by atoms with Crippen LogP contribution >= 0.6 is 0 Å². The molecule has 6 heavy (non-hydrogen) atoms. The lowest BCUT2D eigenvalue weighted by molar-refractivity contribution is -0.120. The molecule has 1 rings (SSSR count). The first-order valence-electron chi connectivity index (χ1n) is 1.72. The van der Waals surface area contributed by atoms with Crippen molar-refractivity contribution in [1.29, 1.82) is 0 Å². The molecular formula is C2H6N3O. The van der Waals surface area contributed by atoms with E-state index < -0.39 is 0 Å². The largest absolute Gasteiger partial charge is 0.277 e. The zero-order chi connectivity index (χ0) is 4.41. The number of hydrogen-bond donors (Lipinski definition) is 1. The van der Waals surface area contributed by atoms with E-state index in [1.165, 1.54) is 0 Å². The van der Waals surface area contributed by atoms with Gasteiger partial charge in [-0.2, -0.15) is 5.84 Å². The Kier molecular flexibility index (Phi) is 1.02.